The predicted molar refractivity (Wildman–Crippen MR) is 77.6 cm³/mol. The Labute approximate surface area is 122 Å². The highest BCUT2D eigenvalue weighted by atomic mass is 19.1. The third-order valence-corrected chi connectivity index (χ3v) is 3.12. The van der Waals surface area contributed by atoms with E-state index in [4.69, 9.17) is 10.5 Å². The van der Waals surface area contributed by atoms with E-state index in [1.54, 1.807) is 12.1 Å². The van der Waals surface area contributed by atoms with Crippen molar-refractivity contribution < 1.29 is 13.9 Å². The standard InChI is InChI=1S/C14H19FN4O2/c15-12-4-2-1-3-11(12)13(20)17-5-6-18-14(16)19-7-9-21-10-8-19/h1-4H,5-10H2,(H2,16,18)(H,17,20). The van der Waals surface area contributed by atoms with Crippen molar-refractivity contribution in [3.8, 4) is 0 Å². The second-order valence-corrected chi connectivity index (χ2v) is 4.58. The molecule has 1 aromatic carbocycles. The molecule has 1 saturated heterocycles. The molecule has 0 radical (unpaired) electrons. The van der Waals surface area contributed by atoms with Crippen LogP contribution in [0.3, 0.4) is 0 Å². The number of rotatable bonds is 4. The van der Waals surface area contributed by atoms with E-state index in [-0.39, 0.29) is 5.56 Å². The minimum Gasteiger partial charge on any atom is -0.378 e. The van der Waals surface area contributed by atoms with Crippen molar-refractivity contribution in [2.24, 2.45) is 10.7 Å². The Morgan fingerprint density at radius 3 is 2.81 bits per heavy atom. The van der Waals surface area contributed by atoms with Crippen molar-refractivity contribution in [1.82, 2.24) is 10.2 Å². The summed E-state index contributed by atoms with van der Waals surface area (Å²) >= 11 is 0. The van der Waals surface area contributed by atoms with Gasteiger partial charge in [0.2, 0.25) is 0 Å². The van der Waals surface area contributed by atoms with Crippen LogP contribution >= 0.6 is 0 Å². The molecule has 1 aliphatic rings. The predicted octanol–water partition coefficient (Wildman–Crippen LogP) is 0.202. The van der Waals surface area contributed by atoms with Gasteiger partial charge in [-0.1, -0.05) is 12.1 Å². The van der Waals surface area contributed by atoms with Crippen LogP contribution in [0.15, 0.2) is 29.3 Å². The van der Waals surface area contributed by atoms with E-state index < -0.39 is 11.7 Å². The summed E-state index contributed by atoms with van der Waals surface area (Å²) in [4.78, 5) is 17.9. The molecule has 21 heavy (non-hydrogen) atoms. The average molecular weight is 294 g/mol. The number of amides is 1. The van der Waals surface area contributed by atoms with E-state index in [1.807, 2.05) is 4.90 Å². The molecule has 0 atom stereocenters. The van der Waals surface area contributed by atoms with Crippen LogP contribution in [-0.4, -0.2) is 56.2 Å². The quantitative estimate of drug-likeness (QED) is 0.472. The Balaban J connectivity index is 1.76. The summed E-state index contributed by atoms with van der Waals surface area (Å²) in [6, 6.07) is 5.85. The fourth-order valence-corrected chi connectivity index (χ4v) is 1.97. The first kappa shape index (κ1) is 15.2. The van der Waals surface area contributed by atoms with E-state index in [1.165, 1.54) is 12.1 Å². The third-order valence-electron chi connectivity index (χ3n) is 3.12. The molecular weight excluding hydrogens is 275 g/mol. The monoisotopic (exact) mass is 294 g/mol. The molecule has 0 unspecified atom stereocenters. The van der Waals surface area contributed by atoms with Gasteiger partial charge in [0.25, 0.3) is 5.91 Å². The van der Waals surface area contributed by atoms with Crippen molar-refractivity contribution >= 4 is 11.9 Å². The molecule has 0 bridgehead atoms. The Morgan fingerprint density at radius 1 is 1.38 bits per heavy atom. The topological polar surface area (TPSA) is 79.9 Å². The molecule has 0 saturated carbocycles. The minimum absolute atomic E-state index is 0.0302. The first-order chi connectivity index (χ1) is 10.2. The van der Waals surface area contributed by atoms with Gasteiger partial charge < -0.3 is 20.7 Å². The number of nitrogens with zero attached hydrogens (tertiary/aromatic N) is 2. The molecule has 7 heteroatoms. The number of ether oxygens (including phenoxy) is 1. The van der Waals surface area contributed by atoms with Crippen LogP contribution in [0.5, 0.6) is 0 Å². The zero-order chi connectivity index (χ0) is 15.1. The molecule has 114 valence electrons. The van der Waals surface area contributed by atoms with Crippen LogP contribution in [0.4, 0.5) is 4.39 Å². The van der Waals surface area contributed by atoms with E-state index >= 15 is 0 Å². The summed E-state index contributed by atoms with van der Waals surface area (Å²) in [6.07, 6.45) is 0. The second kappa shape index (κ2) is 7.58. The molecule has 1 aromatic rings. The lowest BCUT2D eigenvalue weighted by Gasteiger charge is -2.27. The van der Waals surface area contributed by atoms with E-state index in [2.05, 4.69) is 10.3 Å². The second-order valence-electron chi connectivity index (χ2n) is 4.58. The maximum Gasteiger partial charge on any atom is 0.254 e. The normalized spacial score (nSPS) is 15.9. The molecular formula is C14H19FN4O2. The Morgan fingerprint density at radius 2 is 2.10 bits per heavy atom. The highest BCUT2D eigenvalue weighted by molar-refractivity contribution is 5.94. The van der Waals surface area contributed by atoms with Crippen molar-refractivity contribution in [2.45, 2.75) is 0 Å². The molecule has 3 N–H and O–H groups in total. The summed E-state index contributed by atoms with van der Waals surface area (Å²) in [5.74, 6) is -0.544. The first-order valence-electron chi connectivity index (χ1n) is 6.84. The zero-order valence-electron chi connectivity index (χ0n) is 11.7. The highest BCUT2D eigenvalue weighted by Crippen LogP contribution is 2.05. The molecule has 0 aromatic heterocycles. The van der Waals surface area contributed by atoms with Crippen LogP contribution in [0.1, 0.15) is 10.4 Å². The van der Waals surface area contributed by atoms with Crippen LogP contribution in [0, 0.1) is 5.82 Å². The lowest BCUT2D eigenvalue weighted by molar-refractivity contribution is 0.0674. The van der Waals surface area contributed by atoms with Gasteiger partial charge in [0.05, 0.1) is 25.3 Å². The molecule has 0 spiro atoms. The van der Waals surface area contributed by atoms with Crippen LogP contribution < -0.4 is 11.1 Å². The third kappa shape index (κ3) is 4.42. The van der Waals surface area contributed by atoms with E-state index in [0.29, 0.717) is 32.3 Å². The van der Waals surface area contributed by atoms with Gasteiger partial charge in [-0.15, -0.1) is 0 Å². The van der Waals surface area contributed by atoms with E-state index in [0.717, 1.165) is 13.1 Å². The number of morpholine rings is 1. The number of benzene rings is 1. The summed E-state index contributed by atoms with van der Waals surface area (Å²) in [5.41, 5.74) is 5.88. The number of carbonyl (C=O) groups is 1. The number of nitrogens with one attached hydrogen (secondary N) is 1. The number of guanidine groups is 1. The highest BCUT2D eigenvalue weighted by Gasteiger charge is 2.12. The number of aliphatic imine (C=N–C) groups is 1. The minimum atomic E-state index is -0.536. The van der Waals surface area contributed by atoms with Crippen LogP contribution in [0.25, 0.3) is 0 Å². The van der Waals surface area contributed by atoms with Gasteiger partial charge >= 0.3 is 0 Å². The van der Waals surface area contributed by atoms with Crippen molar-refractivity contribution in [3.63, 3.8) is 0 Å². The van der Waals surface area contributed by atoms with Crippen LogP contribution in [0.2, 0.25) is 0 Å². The molecule has 2 rings (SSSR count). The fourth-order valence-electron chi connectivity index (χ4n) is 1.97. The Hall–Kier alpha value is -2.15. The SMILES string of the molecule is NC(=NCCNC(=O)c1ccccc1F)N1CCOCC1. The number of hydrogen-bond donors (Lipinski definition) is 2. The summed E-state index contributed by atoms with van der Waals surface area (Å²) in [6.45, 7) is 3.37. The van der Waals surface area contributed by atoms with Crippen molar-refractivity contribution in [3.05, 3.63) is 35.6 Å². The number of halogens is 1. The van der Waals surface area contributed by atoms with Gasteiger partial charge in [-0.25, -0.2) is 4.39 Å². The maximum absolute atomic E-state index is 13.4. The van der Waals surface area contributed by atoms with Crippen molar-refractivity contribution in [2.75, 3.05) is 39.4 Å². The van der Waals surface area contributed by atoms with Gasteiger partial charge in [-0.05, 0) is 12.1 Å². The van der Waals surface area contributed by atoms with Gasteiger partial charge in [-0.2, -0.15) is 0 Å². The lowest BCUT2D eigenvalue weighted by Crippen LogP contribution is -2.45. The molecule has 1 heterocycles. The van der Waals surface area contributed by atoms with Gasteiger partial charge in [0.15, 0.2) is 5.96 Å². The average Bonchev–Trinajstić information content (AvgIpc) is 2.52. The zero-order valence-corrected chi connectivity index (χ0v) is 11.7. The largest absolute Gasteiger partial charge is 0.378 e. The Bertz CT molecular complexity index is 515. The smallest absolute Gasteiger partial charge is 0.254 e. The van der Waals surface area contributed by atoms with Gasteiger partial charge in [-0.3, -0.25) is 9.79 Å². The Kier molecular flexibility index (Phi) is 5.51. The van der Waals surface area contributed by atoms with Gasteiger partial charge in [0, 0.05) is 19.6 Å². The maximum atomic E-state index is 13.4. The lowest BCUT2D eigenvalue weighted by atomic mass is 10.2. The molecule has 1 aliphatic heterocycles. The molecule has 0 aliphatic carbocycles. The van der Waals surface area contributed by atoms with Crippen molar-refractivity contribution in [1.29, 1.82) is 0 Å². The molecule has 1 amide bonds. The number of carbonyl (C=O) groups excluding carboxylic acids is 1. The molecule has 1 fully saturated rings. The summed E-state index contributed by atoms with van der Waals surface area (Å²) < 4.78 is 18.6. The summed E-state index contributed by atoms with van der Waals surface area (Å²) in [7, 11) is 0. The number of hydrogen-bond acceptors (Lipinski definition) is 3. The fraction of sp³-hybridized carbons (Fsp3) is 0.429. The summed E-state index contributed by atoms with van der Waals surface area (Å²) in [5, 5.41) is 2.61. The number of nitrogens with two attached hydrogens (primary N) is 1. The van der Waals surface area contributed by atoms with E-state index in [9.17, 15) is 9.18 Å². The first-order valence-corrected chi connectivity index (χ1v) is 6.84. The molecule has 6 nitrogen and oxygen atoms in total. The van der Waals surface area contributed by atoms with Crippen LogP contribution in [-0.2, 0) is 4.74 Å². The van der Waals surface area contributed by atoms with Gasteiger partial charge in [0.1, 0.15) is 5.82 Å².